The zero-order valence-electron chi connectivity index (χ0n) is 6.38. The van der Waals surface area contributed by atoms with Crippen molar-refractivity contribution in [3.05, 3.63) is 16.1 Å². The van der Waals surface area contributed by atoms with Gasteiger partial charge in [-0.05, 0) is 6.92 Å². The summed E-state index contributed by atoms with van der Waals surface area (Å²) in [5.74, 6) is 0. The van der Waals surface area contributed by atoms with Crippen LogP contribution in [0.1, 0.15) is 16.8 Å². The van der Waals surface area contributed by atoms with Crippen LogP contribution in [0.25, 0.3) is 0 Å². The number of hydrogen-bond acceptors (Lipinski definition) is 3. The van der Waals surface area contributed by atoms with Gasteiger partial charge in [0.1, 0.15) is 6.67 Å². The van der Waals surface area contributed by atoms with Crippen molar-refractivity contribution in [3.63, 3.8) is 0 Å². The normalized spacial score (nSPS) is 13.4. The van der Waals surface area contributed by atoms with Gasteiger partial charge in [-0.3, -0.25) is 0 Å². The molecule has 62 valence electrons. The van der Waals surface area contributed by atoms with Crippen LogP contribution in [0.2, 0.25) is 0 Å². The first-order chi connectivity index (χ1) is 5.22. The van der Waals surface area contributed by atoms with E-state index >= 15 is 0 Å². The monoisotopic (exact) mass is 174 g/mol. The maximum absolute atomic E-state index is 12.0. The molecule has 1 aromatic rings. The highest BCUT2D eigenvalue weighted by atomic mass is 32.1. The molecule has 0 amide bonds. The minimum atomic E-state index is -0.420. The van der Waals surface area contributed by atoms with E-state index in [-0.39, 0.29) is 6.04 Å². The summed E-state index contributed by atoms with van der Waals surface area (Å²) in [6, 6.07) is 0.105. The summed E-state index contributed by atoms with van der Waals surface area (Å²) in [6.07, 6.45) is 2.31. The zero-order chi connectivity index (χ0) is 8.27. The van der Waals surface area contributed by atoms with E-state index < -0.39 is 6.67 Å². The van der Waals surface area contributed by atoms with Crippen molar-refractivity contribution < 1.29 is 4.39 Å². The van der Waals surface area contributed by atoms with Crippen molar-refractivity contribution in [1.82, 2.24) is 4.98 Å². The van der Waals surface area contributed by atoms with Gasteiger partial charge in [0.05, 0.1) is 9.88 Å². The Hall–Kier alpha value is -0.480. The number of rotatable bonds is 3. The van der Waals surface area contributed by atoms with Crippen LogP contribution < -0.4 is 5.73 Å². The standard InChI is InChI=1S/C7H11FN2S/c1-5(9)2-7-10-4-6(3-8)11-7/h4-5H,2-3,9H2,1H3. The largest absolute Gasteiger partial charge is 0.328 e. The van der Waals surface area contributed by atoms with E-state index in [0.29, 0.717) is 4.88 Å². The summed E-state index contributed by atoms with van der Waals surface area (Å²) in [5.41, 5.74) is 5.55. The fraction of sp³-hybridized carbons (Fsp3) is 0.571. The lowest BCUT2D eigenvalue weighted by Crippen LogP contribution is -2.17. The topological polar surface area (TPSA) is 38.9 Å². The molecule has 0 saturated carbocycles. The second-order valence-corrected chi connectivity index (χ2v) is 3.74. The molecule has 0 spiro atoms. The fourth-order valence-corrected chi connectivity index (χ4v) is 1.69. The Morgan fingerprint density at radius 3 is 3.00 bits per heavy atom. The van der Waals surface area contributed by atoms with Gasteiger partial charge in [0.2, 0.25) is 0 Å². The third-order valence-electron chi connectivity index (χ3n) is 1.23. The number of nitrogens with zero attached hydrogens (tertiary/aromatic N) is 1. The number of hydrogen-bond donors (Lipinski definition) is 1. The molecule has 1 rings (SSSR count). The first-order valence-corrected chi connectivity index (χ1v) is 4.29. The molecular formula is C7H11FN2S. The summed E-state index contributed by atoms with van der Waals surface area (Å²) in [4.78, 5) is 4.71. The minimum absolute atomic E-state index is 0.105. The first-order valence-electron chi connectivity index (χ1n) is 3.47. The highest BCUT2D eigenvalue weighted by Crippen LogP contribution is 2.14. The average molecular weight is 174 g/mol. The highest BCUT2D eigenvalue weighted by molar-refractivity contribution is 7.11. The molecule has 0 radical (unpaired) electrons. The molecule has 0 bridgehead atoms. The lowest BCUT2D eigenvalue weighted by Gasteiger charge is -1.98. The molecule has 0 aliphatic carbocycles. The summed E-state index contributed by atoms with van der Waals surface area (Å²) in [7, 11) is 0. The lowest BCUT2D eigenvalue weighted by atomic mass is 10.3. The van der Waals surface area contributed by atoms with E-state index in [0.717, 1.165) is 11.4 Å². The third-order valence-corrected chi connectivity index (χ3v) is 2.21. The van der Waals surface area contributed by atoms with Gasteiger partial charge in [-0.1, -0.05) is 0 Å². The van der Waals surface area contributed by atoms with Gasteiger partial charge in [0.25, 0.3) is 0 Å². The SMILES string of the molecule is CC(N)Cc1ncc(CF)s1. The molecule has 1 aromatic heterocycles. The van der Waals surface area contributed by atoms with Crippen LogP contribution in [0.4, 0.5) is 4.39 Å². The van der Waals surface area contributed by atoms with Gasteiger partial charge in [0.15, 0.2) is 0 Å². The fourth-order valence-electron chi connectivity index (χ4n) is 0.780. The second kappa shape index (κ2) is 3.78. The number of nitrogens with two attached hydrogens (primary N) is 1. The van der Waals surface area contributed by atoms with Gasteiger partial charge in [-0.2, -0.15) is 0 Å². The summed E-state index contributed by atoms with van der Waals surface area (Å²) in [6.45, 7) is 1.49. The Morgan fingerprint density at radius 1 is 1.82 bits per heavy atom. The van der Waals surface area contributed by atoms with Gasteiger partial charge in [0, 0.05) is 18.7 Å². The second-order valence-electron chi connectivity index (χ2n) is 2.54. The molecule has 0 aromatic carbocycles. The maximum Gasteiger partial charge on any atom is 0.125 e. The molecule has 0 fully saturated rings. The Morgan fingerprint density at radius 2 is 2.55 bits per heavy atom. The summed E-state index contributed by atoms with van der Waals surface area (Å²) >= 11 is 1.40. The Bertz CT molecular complexity index is 222. The lowest BCUT2D eigenvalue weighted by molar-refractivity contribution is 0.491. The predicted octanol–water partition coefficient (Wildman–Crippen LogP) is 1.50. The van der Waals surface area contributed by atoms with E-state index in [1.165, 1.54) is 11.3 Å². The van der Waals surface area contributed by atoms with Crippen LogP contribution in [0.15, 0.2) is 6.20 Å². The van der Waals surface area contributed by atoms with E-state index in [1.54, 1.807) is 6.20 Å². The maximum atomic E-state index is 12.0. The van der Waals surface area contributed by atoms with Crippen LogP contribution in [-0.4, -0.2) is 11.0 Å². The summed E-state index contributed by atoms with van der Waals surface area (Å²) in [5, 5.41) is 0.924. The molecule has 2 N–H and O–H groups in total. The molecule has 2 nitrogen and oxygen atoms in total. The molecule has 1 unspecified atom stereocenters. The van der Waals surface area contributed by atoms with Gasteiger partial charge in [-0.15, -0.1) is 11.3 Å². The van der Waals surface area contributed by atoms with Crippen LogP contribution in [0.3, 0.4) is 0 Å². The Balaban J connectivity index is 2.58. The summed E-state index contributed by atoms with van der Waals surface area (Å²) < 4.78 is 12.0. The molecule has 0 aliphatic rings. The quantitative estimate of drug-likeness (QED) is 0.754. The number of aromatic nitrogens is 1. The van der Waals surface area contributed by atoms with Crippen LogP contribution in [-0.2, 0) is 13.1 Å². The Labute approximate surface area is 69.3 Å². The van der Waals surface area contributed by atoms with E-state index in [9.17, 15) is 4.39 Å². The van der Waals surface area contributed by atoms with Gasteiger partial charge < -0.3 is 5.73 Å². The van der Waals surface area contributed by atoms with Crippen molar-refractivity contribution in [2.45, 2.75) is 26.1 Å². The molecule has 0 saturated heterocycles. The first kappa shape index (κ1) is 8.62. The van der Waals surface area contributed by atoms with Crippen LogP contribution >= 0.6 is 11.3 Å². The van der Waals surface area contributed by atoms with Crippen molar-refractivity contribution in [2.75, 3.05) is 0 Å². The average Bonchev–Trinajstić information content (AvgIpc) is 2.34. The molecule has 11 heavy (non-hydrogen) atoms. The Kier molecular flexibility index (Phi) is 2.96. The van der Waals surface area contributed by atoms with Crippen LogP contribution in [0, 0.1) is 0 Å². The van der Waals surface area contributed by atoms with Gasteiger partial charge in [-0.25, -0.2) is 9.37 Å². The van der Waals surface area contributed by atoms with Crippen molar-refractivity contribution in [1.29, 1.82) is 0 Å². The smallest absolute Gasteiger partial charge is 0.125 e. The van der Waals surface area contributed by atoms with Crippen molar-refractivity contribution >= 4 is 11.3 Å². The zero-order valence-corrected chi connectivity index (χ0v) is 7.20. The molecule has 1 atom stereocenters. The number of alkyl halides is 1. The van der Waals surface area contributed by atoms with E-state index in [4.69, 9.17) is 5.73 Å². The molecule has 4 heteroatoms. The van der Waals surface area contributed by atoms with Crippen LogP contribution in [0.5, 0.6) is 0 Å². The molecular weight excluding hydrogens is 163 g/mol. The predicted molar refractivity (Wildman–Crippen MR) is 44.3 cm³/mol. The third kappa shape index (κ3) is 2.55. The number of halogens is 1. The number of thiazole rings is 1. The molecule has 0 aliphatic heterocycles. The van der Waals surface area contributed by atoms with Crippen molar-refractivity contribution in [2.24, 2.45) is 5.73 Å². The minimum Gasteiger partial charge on any atom is -0.328 e. The highest BCUT2D eigenvalue weighted by Gasteiger charge is 2.03. The van der Waals surface area contributed by atoms with Crippen molar-refractivity contribution in [3.8, 4) is 0 Å². The van der Waals surface area contributed by atoms with E-state index in [2.05, 4.69) is 4.98 Å². The van der Waals surface area contributed by atoms with E-state index in [1.807, 2.05) is 6.92 Å². The van der Waals surface area contributed by atoms with Gasteiger partial charge >= 0.3 is 0 Å². The molecule has 1 heterocycles.